The molecule has 0 fully saturated rings. The Hall–Kier alpha value is -3.02. The van der Waals surface area contributed by atoms with Gasteiger partial charge in [-0.25, -0.2) is 0 Å². The van der Waals surface area contributed by atoms with Crippen LogP contribution in [0.2, 0.25) is 0 Å². The lowest BCUT2D eigenvalue weighted by molar-refractivity contribution is -0.123. The smallest absolute Gasteiger partial charge is 0.240 e. The van der Waals surface area contributed by atoms with Gasteiger partial charge in [-0.1, -0.05) is 24.3 Å². The molecule has 0 saturated heterocycles. The SMILES string of the molecule is COc1cccc(N(CC(=O)NCCc2ccccc2OC)C(C)=O)c1. The molecule has 0 heterocycles. The second-order valence-electron chi connectivity index (χ2n) is 5.72. The molecule has 0 aromatic heterocycles. The molecule has 0 atom stereocenters. The fourth-order valence-corrected chi connectivity index (χ4v) is 2.61. The predicted octanol–water partition coefficient (Wildman–Crippen LogP) is 2.42. The first-order valence-corrected chi connectivity index (χ1v) is 8.36. The van der Waals surface area contributed by atoms with Gasteiger partial charge in [-0.3, -0.25) is 9.59 Å². The maximum Gasteiger partial charge on any atom is 0.240 e. The van der Waals surface area contributed by atoms with Crippen LogP contribution in [0.15, 0.2) is 48.5 Å². The lowest BCUT2D eigenvalue weighted by Crippen LogP contribution is -2.40. The largest absolute Gasteiger partial charge is 0.497 e. The van der Waals surface area contributed by atoms with E-state index in [0.717, 1.165) is 11.3 Å². The number of methoxy groups -OCH3 is 2. The molecule has 0 saturated carbocycles. The van der Waals surface area contributed by atoms with E-state index in [1.54, 1.807) is 38.5 Å². The third-order valence-corrected chi connectivity index (χ3v) is 3.96. The zero-order valence-electron chi connectivity index (χ0n) is 15.3. The van der Waals surface area contributed by atoms with E-state index >= 15 is 0 Å². The minimum absolute atomic E-state index is 0.0472. The molecule has 0 unspecified atom stereocenters. The summed E-state index contributed by atoms with van der Waals surface area (Å²) in [6, 6.07) is 14.7. The number of hydrogen-bond donors (Lipinski definition) is 1. The first-order valence-electron chi connectivity index (χ1n) is 8.36. The zero-order valence-corrected chi connectivity index (χ0v) is 15.3. The van der Waals surface area contributed by atoms with Crippen molar-refractivity contribution in [2.24, 2.45) is 0 Å². The molecule has 2 rings (SSSR count). The number of ether oxygens (including phenoxy) is 2. The summed E-state index contributed by atoms with van der Waals surface area (Å²) in [4.78, 5) is 25.6. The Morgan fingerprint density at radius 2 is 1.81 bits per heavy atom. The van der Waals surface area contributed by atoms with Crippen molar-refractivity contribution in [3.05, 3.63) is 54.1 Å². The van der Waals surface area contributed by atoms with E-state index in [1.807, 2.05) is 24.3 Å². The van der Waals surface area contributed by atoms with Gasteiger partial charge in [-0.05, 0) is 30.2 Å². The fraction of sp³-hybridized carbons (Fsp3) is 0.300. The number of para-hydroxylation sites is 1. The summed E-state index contributed by atoms with van der Waals surface area (Å²) < 4.78 is 10.5. The molecule has 26 heavy (non-hydrogen) atoms. The Morgan fingerprint density at radius 1 is 1.04 bits per heavy atom. The van der Waals surface area contributed by atoms with E-state index < -0.39 is 0 Å². The summed E-state index contributed by atoms with van der Waals surface area (Å²) in [5, 5.41) is 2.85. The molecule has 0 aliphatic rings. The van der Waals surface area contributed by atoms with Gasteiger partial charge in [0, 0.05) is 25.2 Å². The number of benzene rings is 2. The second kappa shape index (κ2) is 9.46. The van der Waals surface area contributed by atoms with E-state index in [0.29, 0.717) is 24.4 Å². The molecule has 6 nitrogen and oxygen atoms in total. The van der Waals surface area contributed by atoms with Crippen molar-refractivity contribution in [2.75, 3.05) is 32.2 Å². The van der Waals surface area contributed by atoms with Gasteiger partial charge in [-0.2, -0.15) is 0 Å². The molecule has 0 aliphatic carbocycles. The molecule has 0 bridgehead atoms. The molecule has 0 spiro atoms. The highest BCUT2D eigenvalue weighted by molar-refractivity contribution is 5.97. The van der Waals surface area contributed by atoms with Crippen LogP contribution in [0.4, 0.5) is 5.69 Å². The highest BCUT2D eigenvalue weighted by Crippen LogP contribution is 2.21. The van der Waals surface area contributed by atoms with Gasteiger partial charge in [0.25, 0.3) is 0 Å². The zero-order chi connectivity index (χ0) is 18.9. The van der Waals surface area contributed by atoms with Gasteiger partial charge in [0.2, 0.25) is 11.8 Å². The van der Waals surface area contributed by atoms with Crippen LogP contribution >= 0.6 is 0 Å². The van der Waals surface area contributed by atoms with E-state index in [4.69, 9.17) is 9.47 Å². The van der Waals surface area contributed by atoms with Crippen molar-refractivity contribution in [3.63, 3.8) is 0 Å². The lowest BCUT2D eigenvalue weighted by atomic mass is 10.1. The molecule has 0 aliphatic heterocycles. The van der Waals surface area contributed by atoms with Crippen molar-refractivity contribution in [1.82, 2.24) is 5.32 Å². The maximum absolute atomic E-state index is 12.3. The average molecular weight is 356 g/mol. The van der Waals surface area contributed by atoms with Crippen LogP contribution in [0.1, 0.15) is 12.5 Å². The number of carbonyl (C=O) groups is 2. The topological polar surface area (TPSA) is 67.9 Å². The van der Waals surface area contributed by atoms with E-state index in [2.05, 4.69) is 5.32 Å². The second-order valence-corrected chi connectivity index (χ2v) is 5.72. The Labute approximate surface area is 153 Å². The minimum atomic E-state index is -0.224. The predicted molar refractivity (Wildman–Crippen MR) is 101 cm³/mol. The van der Waals surface area contributed by atoms with Crippen molar-refractivity contribution >= 4 is 17.5 Å². The van der Waals surface area contributed by atoms with Crippen LogP contribution in [0.3, 0.4) is 0 Å². The number of amides is 2. The van der Waals surface area contributed by atoms with Crippen LogP contribution in [0.5, 0.6) is 11.5 Å². The highest BCUT2D eigenvalue weighted by atomic mass is 16.5. The van der Waals surface area contributed by atoms with Gasteiger partial charge in [-0.15, -0.1) is 0 Å². The molecule has 2 aromatic rings. The number of hydrogen-bond acceptors (Lipinski definition) is 4. The molecular formula is C20H24N2O4. The van der Waals surface area contributed by atoms with Crippen molar-refractivity contribution in [1.29, 1.82) is 0 Å². The van der Waals surface area contributed by atoms with Crippen LogP contribution in [0, 0.1) is 0 Å². The Balaban J connectivity index is 1.94. The summed E-state index contributed by atoms with van der Waals surface area (Å²) in [7, 11) is 3.18. The van der Waals surface area contributed by atoms with Crippen molar-refractivity contribution in [2.45, 2.75) is 13.3 Å². The molecule has 138 valence electrons. The fourth-order valence-electron chi connectivity index (χ4n) is 2.61. The van der Waals surface area contributed by atoms with Crippen LogP contribution < -0.4 is 19.7 Å². The van der Waals surface area contributed by atoms with Gasteiger partial charge in [0.1, 0.15) is 18.0 Å². The average Bonchev–Trinajstić information content (AvgIpc) is 2.66. The first-order chi connectivity index (χ1) is 12.5. The van der Waals surface area contributed by atoms with Crippen molar-refractivity contribution in [3.8, 4) is 11.5 Å². The highest BCUT2D eigenvalue weighted by Gasteiger charge is 2.16. The maximum atomic E-state index is 12.3. The summed E-state index contributed by atoms with van der Waals surface area (Å²) in [5.41, 5.74) is 1.64. The molecule has 0 radical (unpaired) electrons. The van der Waals surface area contributed by atoms with Gasteiger partial charge in [0.15, 0.2) is 0 Å². The molecule has 6 heteroatoms. The van der Waals surface area contributed by atoms with Crippen LogP contribution in [-0.2, 0) is 16.0 Å². The number of nitrogens with zero attached hydrogens (tertiary/aromatic N) is 1. The third kappa shape index (κ3) is 5.24. The summed E-state index contributed by atoms with van der Waals surface area (Å²) >= 11 is 0. The number of anilines is 1. The molecule has 1 N–H and O–H groups in total. The first kappa shape index (κ1) is 19.3. The number of rotatable bonds is 8. The number of nitrogens with one attached hydrogen (secondary N) is 1. The van der Waals surface area contributed by atoms with E-state index in [1.165, 1.54) is 11.8 Å². The monoisotopic (exact) mass is 356 g/mol. The standard InChI is InChI=1S/C20H24N2O4/c1-15(23)22(17-8-6-9-18(13-17)25-2)14-20(24)21-12-11-16-7-4-5-10-19(16)26-3/h4-10,13H,11-12,14H2,1-3H3,(H,21,24). The van der Waals surface area contributed by atoms with Gasteiger partial charge in [0.05, 0.1) is 14.2 Å². The number of carbonyl (C=O) groups excluding carboxylic acids is 2. The minimum Gasteiger partial charge on any atom is -0.497 e. The summed E-state index contributed by atoms with van der Waals surface area (Å²) in [6.07, 6.45) is 0.648. The molecule has 2 amide bonds. The van der Waals surface area contributed by atoms with E-state index in [-0.39, 0.29) is 18.4 Å². The van der Waals surface area contributed by atoms with Crippen LogP contribution in [-0.4, -0.2) is 39.1 Å². The third-order valence-electron chi connectivity index (χ3n) is 3.96. The summed E-state index contributed by atoms with van der Waals surface area (Å²) in [5.74, 6) is 0.991. The summed E-state index contributed by atoms with van der Waals surface area (Å²) in [6.45, 7) is 1.85. The normalized spacial score (nSPS) is 10.1. The van der Waals surface area contributed by atoms with Crippen molar-refractivity contribution < 1.29 is 19.1 Å². The van der Waals surface area contributed by atoms with Crippen LogP contribution in [0.25, 0.3) is 0 Å². The van der Waals surface area contributed by atoms with E-state index in [9.17, 15) is 9.59 Å². The van der Waals surface area contributed by atoms with Gasteiger partial charge >= 0.3 is 0 Å². The molecule has 2 aromatic carbocycles. The van der Waals surface area contributed by atoms with Gasteiger partial charge < -0.3 is 19.7 Å². The Bertz CT molecular complexity index is 761. The lowest BCUT2D eigenvalue weighted by Gasteiger charge is -2.21. The molecular weight excluding hydrogens is 332 g/mol. The Morgan fingerprint density at radius 3 is 2.50 bits per heavy atom. The quantitative estimate of drug-likeness (QED) is 0.789. The Kier molecular flexibility index (Phi) is 7.02.